The number of aromatic amines is 2. The molecule has 184 valence electrons. The highest BCUT2D eigenvalue weighted by Gasteiger charge is 2.18. The maximum atomic E-state index is 12.4. The van der Waals surface area contributed by atoms with Gasteiger partial charge >= 0.3 is 0 Å². The number of hydrogen-bond acceptors (Lipinski definition) is 6. The number of amides is 1. The quantitative estimate of drug-likeness (QED) is 0.241. The molecule has 9 heteroatoms. The van der Waals surface area contributed by atoms with Gasteiger partial charge in [-0.15, -0.1) is 11.3 Å². The number of carbonyl (C=O) groups excluding carboxylic acids is 1. The lowest BCUT2D eigenvalue weighted by Crippen LogP contribution is -2.19. The molecule has 0 fully saturated rings. The third-order valence-electron chi connectivity index (χ3n) is 6.01. The van der Waals surface area contributed by atoms with Crippen LogP contribution in [0.15, 0.2) is 66.6 Å². The lowest BCUT2D eigenvalue weighted by atomic mass is 9.92. The van der Waals surface area contributed by atoms with Crippen LogP contribution in [0.4, 0.5) is 5.69 Å². The van der Waals surface area contributed by atoms with E-state index in [1.165, 1.54) is 0 Å². The fraction of sp³-hybridized carbons (Fsp3) is 0.179. The maximum Gasteiger partial charge on any atom is 0.224 e. The van der Waals surface area contributed by atoms with Crippen molar-refractivity contribution >= 4 is 44.9 Å². The number of imidazole rings is 1. The summed E-state index contributed by atoms with van der Waals surface area (Å²) in [5.41, 5.74) is 6.79. The lowest BCUT2D eigenvalue weighted by Gasteiger charge is -2.17. The minimum Gasteiger partial charge on any atom is -0.335 e. The van der Waals surface area contributed by atoms with Crippen molar-refractivity contribution in [2.24, 2.45) is 5.41 Å². The minimum absolute atomic E-state index is 0.0275. The first-order chi connectivity index (χ1) is 17.8. The van der Waals surface area contributed by atoms with E-state index < -0.39 is 0 Å². The number of carbonyl (C=O) groups is 1. The molecule has 0 aliphatic heterocycles. The molecule has 6 aromatic rings. The summed E-state index contributed by atoms with van der Waals surface area (Å²) in [6.07, 6.45) is 7.52. The molecule has 0 spiro atoms. The van der Waals surface area contributed by atoms with Crippen LogP contribution in [0.25, 0.3) is 55.0 Å². The Labute approximate surface area is 217 Å². The largest absolute Gasteiger partial charge is 0.335 e. The minimum atomic E-state index is -0.0882. The van der Waals surface area contributed by atoms with Crippen LogP contribution >= 0.6 is 11.3 Å². The van der Waals surface area contributed by atoms with Crippen LogP contribution < -0.4 is 5.32 Å². The number of H-pyrrole nitrogens is 2. The van der Waals surface area contributed by atoms with E-state index in [0.29, 0.717) is 17.9 Å². The van der Waals surface area contributed by atoms with Crippen molar-refractivity contribution in [1.29, 1.82) is 0 Å². The van der Waals surface area contributed by atoms with Gasteiger partial charge in [0.05, 0.1) is 29.1 Å². The molecule has 0 saturated heterocycles. The average Bonchev–Trinajstić information content (AvgIpc) is 3.61. The van der Waals surface area contributed by atoms with Gasteiger partial charge in [0, 0.05) is 40.2 Å². The van der Waals surface area contributed by atoms with E-state index in [1.54, 1.807) is 29.9 Å². The van der Waals surface area contributed by atoms with Crippen molar-refractivity contribution < 1.29 is 4.79 Å². The highest BCUT2D eigenvalue weighted by Crippen LogP contribution is 2.34. The first kappa shape index (κ1) is 23.1. The second kappa shape index (κ2) is 8.94. The Morgan fingerprint density at radius 3 is 2.68 bits per heavy atom. The average molecular weight is 508 g/mol. The third kappa shape index (κ3) is 4.61. The van der Waals surface area contributed by atoms with E-state index in [-0.39, 0.29) is 11.3 Å². The Bertz CT molecular complexity index is 1740. The molecular weight excluding hydrogens is 482 g/mol. The Balaban J connectivity index is 1.36. The van der Waals surface area contributed by atoms with Crippen molar-refractivity contribution in [1.82, 2.24) is 30.1 Å². The molecule has 1 aromatic carbocycles. The van der Waals surface area contributed by atoms with Crippen molar-refractivity contribution in [3.05, 3.63) is 66.6 Å². The van der Waals surface area contributed by atoms with E-state index >= 15 is 0 Å². The number of thiophene rings is 1. The van der Waals surface area contributed by atoms with E-state index in [0.717, 1.165) is 49.2 Å². The number of pyridine rings is 2. The van der Waals surface area contributed by atoms with Gasteiger partial charge in [0.1, 0.15) is 11.2 Å². The second-order valence-electron chi connectivity index (χ2n) is 10.2. The van der Waals surface area contributed by atoms with Crippen LogP contribution in [0.3, 0.4) is 0 Å². The second-order valence-corrected chi connectivity index (χ2v) is 11.2. The number of fused-ring (bicyclic) bond motifs is 2. The van der Waals surface area contributed by atoms with Crippen LogP contribution in [0.1, 0.15) is 27.2 Å². The SMILES string of the molecule is CC(C)(C)CC(=O)Nc1cncc(-c2ccc3[nH]nc(-c4nc5c(-c6cccs6)cncc5[nH]4)c3c2)c1. The molecule has 1 amide bonds. The van der Waals surface area contributed by atoms with Gasteiger partial charge in [-0.2, -0.15) is 5.10 Å². The first-order valence-corrected chi connectivity index (χ1v) is 12.8. The van der Waals surface area contributed by atoms with Gasteiger partial charge in [0.25, 0.3) is 0 Å². The number of rotatable bonds is 5. The number of hydrogen-bond donors (Lipinski definition) is 3. The fourth-order valence-corrected chi connectivity index (χ4v) is 5.12. The monoisotopic (exact) mass is 507 g/mol. The predicted octanol–water partition coefficient (Wildman–Crippen LogP) is 6.67. The lowest BCUT2D eigenvalue weighted by molar-refractivity contribution is -0.117. The molecule has 0 aliphatic rings. The highest BCUT2D eigenvalue weighted by molar-refractivity contribution is 7.13. The zero-order valence-electron chi connectivity index (χ0n) is 20.7. The van der Waals surface area contributed by atoms with Crippen molar-refractivity contribution in [3.8, 4) is 33.1 Å². The molecule has 37 heavy (non-hydrogen) atoms. The van der Waals surface area contributed by atoms with E-state index in [9.17, 15) is 4.79 Å². The zero-order chi connectivity index (χ0) is 25.6. The van der Waals surface area contributed by atoms with Crippen LogP contribution in [-0.2, 0) is 4.79 Å². The van der Waals surface area contributed by atoms with Crippen LogP contribution in [0, 0.1) is 5.41 Å². The molecule has 0 radical (unpaired) electrons. The summed E-state index contributed by atoms with van der Waals surface area (Å²) in [5, 5.41) is 13.6. The Morgan fingerprint density at radius 2 is 1.86 bits per heavy atom. The summed E-state index contributed by atoms with van der Waals surface area (Å²) in [6.45, 7) is 6.13. The van der Waals surface area contributed by atoms with E-state index in [4.69, 9.17) is 4.98 Å². The van der Waals surface area contributed by atoms with E-state index in [1.807, 2.05) is 56.6 Å². The number of benzene rings is 1. The molecule has 5 heterocycles. The van der Waals surface area contributed by atoms with Gasteiger partial charge in [0.2, 0.25) is 5.91 Å². The molecule has 0 unspecified atom stereocenters. The summed E-state index contributed by atoms with van der Waals surface area (Å²) < 4.78 is 0. The maximum absolute atomic E-state index is 12.4. The van der Waals surface area contributed by atoms with E-state index in [2.05, 4.69) is 42.6 Å². The standard InChI is InChI=1S/C28H25N7OS/c1-28(2,3)11-24(36)31-18-9-17(12-29-13-18)16-6-7-21-19(10-16)26(35-34-21)27-32-22-15-30-14-20(25(22)33-27)23-5-4-8-37-23/h4-10,12-15H,11H2,1-3H3,(H,31,36)(H,32,33)(H,34,35). The number of nitrogens with zero attached hydrogens (tertiary/aromatic N) is 4. The van der Waals surface area contributed by atoms with Crippen LogP contribution in [0.2, 0.25) is 0 Å². The summed E-state index contributed by atoms with van der Waals surface area (Å²) >= 11 is 1.66. The molecule has 0 atom stereocenters. The van der Waals surface area contributed by atoms with Crippen LogP contribution in [0.5, 0.6) is 0 Å². The smallest absolute Gasteiger partial charge is 0.224 e. The zero-order valence-corrected chi connectivity index (χ0v) is 21.5. The number of anilines is 1. The summed E-state index contributed by atoms with van der Waals surface area (Å²) in [6, 6.07) is 12.1. The predicted molar refractivity (Wildman–Crippen MR) is 148 cm³/mol. The normalized spacial score (nSPS) is 11.9. The Hall–Kier alpha value is -4.37. The third-order valence-corrected chi connectivity index (χ3v) is 6.92. The summed E-state index contributed by atoms with van der Waals surface area (Å²) in [4.78, 5) is 30.6. The molecule has 6 rings (SSSR count). The van der Waals surface area contributed by atoms with Gasteiger partial charge in [0.15, 0.2) is 5.82 Å². The topological polar surface area (TPSA) is 112 Å². The van der Waals surface area contributed by atoms with Gasteiger partial charge in [-0.05, 0) is 40.6 Å². The molecule has 8 nitrogen and oxygen atoms in total. The summed E-state index contributed by atoms with van der Waals surface area (Å²) in [5.74, 6) is 0.644. The van der Waals surface area contributed by atoms with Crippen molar-refractivity contribution in [2.45, 2.75) is 27.2 Å². The summed E-state index contributed by atoms with van der Waals surface area (Å²) in [7, 11) is 0. The highest BCUT2D eigenvalue weighted by atomic mass is 32.1. The molecule has 0 bridgehead atoms. The van der Waals surface area contributed by atoms with Crippen LogP contribution in [-0.4, -0.2) is 36.0 Å². The van der Waals surface area contributed by atoms with Crippen molar-refractivity contribution in [3.63, 3.8) is 0 Å². The molecular formula is C28H25N7OS. The Kier molecular flexibility index (Phi) is 5.57. The first-order valence-electron chi connectivity index (χ1n) is 12.0. The van der Waals surface area contributed by atoms with Gasteiger partial charge in [-0.25, -0.2) is 4.98 Å². The number of aromatic nitrogens is 6. The molecule has 5 aromatic heterocycles. The van der Waals surface area contributed by atoms with Gasteiger partial charge in [-0.3, -0.25) is 19.9 Å². The molecule has 0 saturated carbocycles. The van der Waals surface area contributed by atoms with Crippen molar-refractivity contribution in [2.75, 3.05) is 5.32 Å². The van der Waals surface area contributed by atoms with Gasteiger partial charge < -0.3 is 10.3 Å². The Morgan fingerprint density at radius 1 is 1.00 bits per heavy atom. The molecule has 3 N–H and O–H groups in total. The molecule has 0 aliphatic carbocycles. The number of nitrogens with one attached hydrogen (secondary N) is 3. The fourth-order valence-electron chi connectivity index (χ4n) is 4.38. The van der Waals surface area contributed by atoms with Gasteiger partial charge in [-0.1, -0.05) is 32.9 Å².